The predicted octanol–water partition coefficient (Wildman–Crippen LogP) is 3.28. The van der Waals surface area contributed by atoms with Crippen LogP contribution in [-0.2, 0) is 9.59 Å². The number of ketones is 1. The molecule has 3 heteroatoms. The molecule has 0 aromatic rings. The minimum Gasteiger partial charge on any atom is -0.481 e. The first-order valence-corrected chi connectivity index (χ1v) is 6.14. The minimum absolute atomic E-state index is 0.0594. The van der Waals surface area contributed by atoms with Crippen LogP contribution in [0.4, 0.5) is 0 Å². The molecular formula is C15H20O3. The highest BCUT2D eigenvalue weighted by Gasteiger charge is 2.16. The van der Waals surface area contributed by atoms with Crippen LogP contribution in [0.3, 0.4) is 0 Å². The zero-order chi connectivity index (χ0) is 13.8. The topological polar surface area (TPSA) is 54.4 Å². The molecule has 3 nitrogen and oxygen atoms in total. The quantitative estimate of drug-likeness (QED) is 0.830. The molecule has 0 saturated carbocycles. The van der Waals surface area contributed by atoms with Gasteiger partial charge in [-0.3, -0.25) is 9.59 Å². The number of hydrogen-bond donors (Lipinski definition) is 1. The van der Waals surface area contributed by atoms with Crippen molar-refractivity contribution < 1.29 is 14.7 Å². The monoisotopic (exact) mass is 248 g/mol. The van der Waals surface area contributed by atoms with Gasteiger partial charge in [0.15, 0.2) is 5.78 Å². The fraction of sp³-hybridized carbons (Fsp3) is 0.467. The van der Waals surface area contributed by atoms with Crippen molar-refractivity contribution in [1.82, 2.24) is 0 Å². The van der Waals surface area contributed by atoms with Gasteiger partial charge in [-0.15, -0.1) is 0 Å². The number of carboxylic acid groups (broad SMARTS) is 1. The average Bonchev–Trinajstić information content (AvgIpc) is 2.50. The van der Waals surface area contributed by atoms with E-state index in [4.69, 9.17) is 5.11 Å². The lowest BCUT2D eigenvalue weighted by atomic mass is 9.86. The summed E-state index contributed by atoms with van der Waals surface area (Å²) in [4.78, 5) is 22.2. The third-order valence-electron chi connectivity index (χ3n) is 2.87. The summed E-state index contributed by atoms with van der Waals surface area (Å²) in [6, 6.07) is 0. The zero-order valence-corrected chi connectivity index (χ0v) is 11.2. The number of aliphatic carboxylic acids is 1. The summed E-state index contributed by atoms with van der Waals surface area (Å²) >= 11 is 0. The van der Waals surface area contributed by atoms with Gasteiger partial charge in [0.1, 0.15) is 0 Å². The Morgan fingerprint density at radius 1 is 1.17 bits per heavy atom. The zero-order valence-electron chi connectivity index (χ0n) is 11.2. The summed E-state index contributed by atoms with van der Waals surface area (Å²) in [6.45, 7) is 6.38. The van der Waals surface area contributed by atoms with Crippen LogP contribution in [0.2, 0.25) is 0 Å². The fourth-order valence-electron chi connectivity index (χ4n) is 1.76. The smallest absolute Gasteiger partial charge is 0.303 e. The summed E-state index contributed by atoms with van der Waals surface area (Å²) in [6.07, 6.45) is 8.40. The summed E-state index contributed by atoms with van der Waals surface area (Å²) in [5.41, 5.74) is 1.87. The molecule has 0 atom stereocenters. The molecule has 0 radical (unpaired) electrons. The molecule has 0 spiro atoms. The van der Waals surface area contributed by atoms with Gasteiger partial charge in [-0.25, -0.2) is 0 Å². The van der Waals surface area contributed by atoms with Crippen LogP contribution in [0.1, 0.15) is 40.0 Å². The van der Waals surface area contributed by atoms with Gasteiger partial charge in [-0.1, -0.05) is 45.1 Å². The second-order valence-electron chi connectivity index (χ2n) is 5.45. The van der Waals surface area contributed by atoms with Gasteiger partial charge < -0.3 is 5.11 Å². The lowest BCUT2D eigenvalue weighted by molar-refractivity contribution is -0.138. The SMILES string of the molecule is CC(C)(C)C1=CCC=C(C(=O)CCC(=O)O)C=C1. The van der Waals surface area contributed by atoms with Gasteiger partial charge in [-0.2, -0.15) is 0 Å². The lowest BCUT2D eigenvalue weighted by Crippen LogP contribution is -2.07. The minimum atomic E-state index is -0.935. The van der Waals surface area contributed by atoms with Crippen molar-refractivity contribution in [3.63, 3.8) is 0 Å². The van der Waals surface area contributed by atoms with E-state index in [1.54, 1.807) is 6.08 Å². The maximum Gasteiger partial charge on any atom is 0.303 e. The van der Waals surface area contributed by atoms with E-state index in [2.05, 4.69) is 26.8 Å². The molecule has 0 amide bonds. The first-order chi connectivity index (χ1) is 8.30. The second-order valence-corrected chi connectivity index (χ2v) is 5.45. The number of rotatable bonds is 4. The maximum atomic E-state index is 11.8. The van der Waals surface area contributed by atoms with E-state index in [-0.39, 0.29) is 24.0 Å². The van der Waals surface area contributed by atoms with Gasteiger partial charge in [-0.05, 0) is 17.4 Å². The van der Waals surface area contributed by atoms with Crippen LogP contribution in [0, 0.1) is 5.41 Å². The number of carbonyl (C=O) groups excluding carboxylic acids is 1. The molecule has 98 valence electrons. The van der Waals surface area contributed by atoms with Crippen LogP contribution in [-0.4, -0.2) is 16.9 Å². The van der Waals surface area contributed by atoms with Crippen LogP contribution in [0.5, 0.6) is 0 Å². The van der Waals surface area contributed by atoms with E-state index in [1.165, 1.54) is 5.57 Å². The number of carboxylic acids is 1. The largest absolute Gasteiger partial charge is 0.481 e. The lowest BCUT2D eigenvalue weighted by Gasteiger charge is -2.19. The Hall–Kier alpha value is -1.64. The fourth-order valence-corrected chi connectivity index (χ4v) is 1.76. The van der Waals surface area contributed by atoms with Gasteiger partial charge in [0.2, 0.25) is 0 Å². The molecule has 18 heavy (non-hydrogen) atoms. The van der Waals surface area contributed by atoms with Crippen molar-refractivity contribution >= 4 is 11.8 Å². The van der Waals surface area contributed by atoms with Crippen molar-refractivity contribution in [3.8, 4) is 0 Å². The molecule has 0 aromatic heterocycles. The highest BCUT2D eigenvalue weighted by atomic mass is 16.4. The molecule has 1 rings (SSSR count). The molecule has 1 aliphatic carbocycles. The summed E-state index contributed by atoms with van der Waals surface area (Å²) in [7, 11) is 0. The first-order valence-electron chi connectivity index (χ1n) is 6.14. The van der Waals surface area contributed by atoms with Gasteiger partial charge in [0.25, 0.3) is 0 Å². The van der Waals surface area contributed by atoms with Crippen molar-refractivity contribution in [2.24, 2.45) is 5.41 Å². The number of carbonyl (C=O) groups is 2. The summed E-state index contributed by atoms with van der Waals surface area (Å²) in [5.74, 6) is -1.03. The van der Waals surface area contributed by atoms with E-state index >= 15 is 0 Å². The van der Waals surface area contributed by atoms with Crippen LogP contribution in [0.25, 0.3) is 0 Å². The third-order valence-corrected chi connectivity index (χ3v) is 2.87. The van der Waals surface area contributed by atoms with Crippen LogP contribution >= 0.6 is 0 Å². The molecular weight excluding hydrogens is 228 g/mol. The molecule has 0 aliphatic heterocycles. The molecule has 0 saturated heterocycles. The maximum absolute atomic E-state index is 11.8. The van der Waals surface area contributed by atoms with Crippen LogP contribution < -0.4 is 0 Å². The normalized spacial score (nSPS) is 15.7. The van der Waals surface area contributed by atoms with Crippen molar-refractivity contribution in [2.75, 3.05) is 0 Å². The highest BCUT2D eigenvalue weighted by Crippen LogP contribution is 2.28. The molecule has 1 N–H and O–H groups in total. The Bertz CT molecular complexity index is 431. The van der Waals surface area contributed by atoms with Crippen molar-refractivity contribution in [1.29, 1.82) is 0 Å². The standard InChI is InChI=1S/C15H20O3/c1-15(2,3)12-6-4-5-11(7-8-12)13(16)9-10-14(17)18/h5-8H,4,9-10H2,1-3H3,(H,17,18). The Morgan fingerprint density at radius 2 is 1.83 bits per heavy atom. The summed E-state index contributed by atoms with van der Waals surface area (Å²) < 4.78 is 0. The molecule has 0 unspecified atom stereocenters. The van der Waals surface area contributed by atoms with E-state index < -0.39 is 5.97 Å². The molecule has 0 fully saturated rings. The molecule has 1 aliphatic rings. The number of Topliss-reactive ketones (excluding diaryl/α,β-unsaturated/α-hetero) is 1. The van der Waals surface area contributed by atoms with E-state index in [0.29, 0.717) is 12.0 Å². The first kappa shape index (κ1) is 14.4. The van der Waals surface area contributed by atoms with E-state index in [9.17, 15) is 9.59 Å². The third kappa shape index (κ3) is 4.32. The van der Waals surface area contributed by atoms with E-state index in [1.807, 2.05) is 12.2 Å². The Balaban J connectivity index is 2.70. The van der Waals surface area contributed by atoms with Gasteiger partial charge in [0, 0.05) is 12.0 Å². The number of hydrogen-bond acceptors (Lipinski definition) is 2. The Labute approximate surface area is 108 Å². The predicted molar refractivity (Wildman–Crippen MR) is 71.3 cm³/mol. The highest BCUT2D eigenvalue weighted by molar-refractivity contribution is 5.99. The van der Waals surface area contributed by atoms with E-state index in [0.717, 1.165) is 0 Å². The van der Waals surface area contributed by atoms with Gasteiger partial charge >= 0.3 is 5.97 Å². The molecule has 0 aromatic carbocycles. The van der Waals surface area contributed by atoms with Crippen molar-refractivity contribution in [3.05, 3.63) is 35.5 Å². The van der Waals surface area contributed by atoms with Crippen molar-refractivity contribution in [2.45, 2.75) is 40.0 Å². The molecule has 0 heterocycles. The Kier molecular flexibility index (Phi) is 4.65. The average molecular weight is 248 g/mol. The molecule has 0 bridgehead atoms. The van der Waals surface area contributed by atoms with Gasteiger partial charge in [0.05, 0.1) is 6.42 Å². The Morgan fingerprint density at radius 3 is 2.39 bits per heavy atom. The number of allylic oxidation sites excluding steroid dienone is 6. The van der Waals surface area contributed by atoms with Crippen LogP contribution in [0.15, 0.2) is 35.5 Å². The second kappa shape index (κ2) is 5.80. The summed E-state index contributed by atoms with van der Waals surface area (Å²) in [5, 5.41) is 8.57.